The fourth-order valence-electron chi connectivity index (χ4n) is 10.3. The first-order valence-corrected chi connectivity index (χ1v) is 26.9. The molecular formula is C57H69F8N9O9. The Morgan fingerprint density at radius 2 is 1.47 bits per heavy atom. The van der Waals surface area contributed by atoms with Crippen LogP contribution in [0.5, 0.6) is 0 Å². The van der Waals surface area contributed by atoms with Crippen LogP contribution in [-0.2, 0) is 46.3 Å². The van der Waals surface area contributed by atoms with Gasteiger partial charge in [-0.15, -0.1) is 0 Å². The Balaban J connectivity index is 1.17. The number of halogens is 8. The molecule has 3 amide bonds. The maximum atomic E-state index is 16.2. The minimum Gasteiger partial charge on any atom is -0.469 e. The first kappa shape index (κ1) is 63.7. The number of pyridine rings is 1. The Morgan fingerprint density at radius 3 is 2.01 bits per heavy atom. The van der Waals surface area contributed by atoms with E-state index in [2.05, 4.69) is 46.8 Å². The van der Waals surface area contributed by atoms with E-state index < -0.39 is 114 Å². The number of amides is 3. The number of anilines is 1. The number of carbonyl (C=O) groups is 4. The topological polar surface area (TPSA) is 223 Å². The van der Waals surface area contributed by atoms with Gasteiger partial charge in [0.05, 0.1) is 81.4 Å². The van der Waals surface area contributed by atoms with Crippen LogP contribution in [0.4, 0.5) is 45.7 Å². The molecule has 7 atom stereocenters. The van der Waals surface area contributed by atoms with E-state index in [9.17, 15) is 50.6 Å². The number of piperazine rings is 1. The summed E-state index contributed by atoms with van der Waals surface area (Å²) in [5.41, 5.74) is 2.63. The van der Waals surface area contributed by atoms with E-state index in [0.717, 1.165) is 71.3 Å². The molecule has 5 heterocycles. The molecule has 452 valence electrons. The number of esters is 1. The number of allylic oxidation sites excluding steroid dienone is 1. The normalized spacial score (nSPS) is 20.5. The number of fused-ring (bicyclic) bond motifs is 2. The highest BCUT2D eigenvalue weighted by molar-refractivity contribution is 5.87. The second kappa shape index (κ2) is 26.8. The molecule has 4 aliphatic rings. The zero-order valence-electron chi connectivity index (χ0n) is 46.7. The van der Waals surface area contributed by atoms with Crippen LogP contribution in [0.3, 0.4) is 0 Å². The van der Waals surface area contributed by atoms with Crippen molar-refractivity contribution in [2.45, 2.75) is 121 Å². The first-order chi connectivity index (χ1) is 39.1. The van der Waals surface area contributed by atoms with E-state index in [0.29, 0.717) is 87.2 Å². The van der Waals surface area contributed by atoms with Crippen molar-refractivity contribution in [2.24, 2.45) is 27.5 Å². The highest BCUT2D eigenvalue weighted by atomic mass is 19.4. The zero-order chi connectivity index (χ0) is 60.6. The Hall–Kier alpha value is -6.92. The molecule has 4 fully saturated rings. The number of methoxy groups -OCH3 is 2. The standard InChI is InChI=1S/C57H69F8N9O9/c1-54(2,56(60,61)62)42(24-49(76)80-5)51(77)71-73(28-41-43(58)22-36(23-44(41)59)45(66)17-19-67-37-18-20-82-30-37)29-47(75)46(69-52(78)50(70-53(79)81-6)55(3,4)57(63,64)65)21-34-10-7-33(8-11-34)9-12-35-13-16-48(68-25-35)72-26-38-14-15-39(27-72)74(38)40-31-83-32-40/h7-8,10-11,13,16-17,19,22-23,25,37-40,42,46-47,50,75H,14-15,18,20-21,24,26-32,66H2,1-6H3,(H,69,78)(H,70,79)(H,71,77)/t37-,38?,39?,42+,46-,47-,50+/m0/s1. The van der Waals surface area contributed by atoms with Gasteiger partial charge in [-0.3, -0.25) is 29.7 Å². The summed E-state index contributed by atoms with van der Waals surface area (Å²) in [6.45, 7) is 4.55. The van der Waals surface area contributed by atoms with E-state index in [4.69, 9.17) is 20.2 Å². The monoisotopic (exact) mass is 1180 g/mol. The molecule has 2 unspecified atom stereocenters. The lowest BCUT2D eigenvalue weighted by atomic mass is 9.75. The number of alkyl carbamates (subject to hydrolysis) is 1. The third-order valence-corrected chi connectivity index (χ3v) is 15.8. The summed E-state index contributed by atoms with van der Waals surface area (Å²) in [4.78, 5) is 67.1. The number of hydrazine groups is 1. The fraction of sp³-hybridized carbons (Fsp3) is 0.544. The molecule has 0 radical (unpaired) electrons. The van der Waals surface area contributed by atoms with Crippen molar-refractivity contribution in [1.29, 1.82) is 0 Å². The highest BCUT2D eigenvalue weighted by Crippen LogP contribution is 2.46. The van der Waals surface area contributed by atoms with Crippen molar-refractivity contribution in [2.75, 3.05) is 65.2 Å². The van der Waals surface area contributed by atoms with Gasteiger partial charge in [0.2, 0.25) is 11.8 Å². The van der Waals surface area contributed by atoms with E-state index in [1.807, 2.05) is 17.4 Å². The number of carbonyl (C=O) groups excluding carboxylic acids is 4. The van der Waals surface area contributed by atoms with E-state index in [1.54, 1.807) is 18.3 Å². The minimum absolute atomic E-state index is 0.126. The van der Waals surface area contributed by atoms with Crippen molar-refractivity contribution >= 4 is 41.6 Å². The molecule has 26 heteroatoms. The Morgan fingerprint density at radius 1 is 0.843 bits per heavy atom. The van der Waals surface area contributed by atoms with Crippen molar-refractivity contribution in [1.82, 2.24) is 31.0 Å². The van der Waals surface area contributed by atoms with Crippen LogP contribution in [0, 0.1) is 40.2 Å². The number of nitrogens with one attached hydrogen (secondary N) is 3. The van der Waals surface area contributed by atoms with Crippen molar-refractivity contribution in [3.8, 4) is 11.8 Å². The van der Waals surface area contributed by atoms with Gasteiger partial charge >= 0.3 is 24.4 Å². The molecule has 3 aromatic rings. The van der Waals surface area contributed by atoms with Crippen LogP contribution in [0.1, 0.15) is 81.2 Å². The number of nitrogens with two attached hydrogens (primary N) is 1. The lowest BCUT2D eigenvalue weighted by molar-refractivity contribution is -0.231. The number of benzene rings is 2. The third-order valence-electron chi connectivity index (χ3n) is 15.8. The summed E-state index contributed by atoms with van der Waals surface area (Å²) in [5.74, 6) is -2.15. The maximum Gasteiger partial charge on any atom is 0.407 e. The number of rotatable bonds is 21. The average Bonchev–Trinajstić information content (AvgIpc) is 4.28. The van der Waals surface area contributed by atoms with Crippen LogP contribution in [-0.4, -0.2) is 165 Å². The number of hydrogen-bond donors (Lipinski definition) is 5. The van der Waals surface area contributed by atoms with Gasteiger partial charge < -0.3 is 45.3 Å². The molecule has 6 N–H and O–H groups in total. The van der Waals surface area contributed by atoms with Gasteiger partial charge in [-0.2, -0.15) is 26.3 Å². The SMILES string of the molecule is COC(=O)C[C@H](C(=O)NN(Cc1c(F)cc(C(N)=CC=N[C@H]2CCOC2)cc1F)C[C@H](O)[C@H](Cc1ccc(C#Cc2ccc(N3CC4CCC(C3)N4C3COC3)nc2)cc1)NC(=O)[C@@H](NC(=O)OC)C(C)(C)C(F)(F)F)C(C)(C)C(F)(F)F. The largest absolute Gasteiger partial charge is 0.469 e. The number of hydrogen-bond acceptors (Lipinski definition) is 15. The van der Waals surface area contributed by atoms with Crippen LogP contribution < -0.4 is 26.7 Å². The summed E-state index contributed by atoms with van der Waals surface area (Å²) in [5, 5.41) is 17.0. The Bertz CT molecular complexity index is 2870. The van der Waals surface area contributed by atoms with Gasteiger partial charge in [0.15, 0.2) is 0 Å². The van der Waals surface area contributed by atoms with E-state index in [1.165, 1.54) is 24.4 Å². The van der Waals surface area contributed by atoms with Gasteiger partial charge in [-0.1, -0.05) is 37.8 Å². The quantitative estimate of drug-likeness (QED) is 0.0273. The number of alkyl halides is 6. The van der Waals surface area contributed by atoms with Crippen LogP contribution in [0.15, 0.2) is 65.8 Å². The van der Waals surface area contributed by atoms with Crippen LogP contribution in [0.25, 0.3) is 5.70 Å². The Kier molecular flexibility index (Phi) is 20.5. The van der Waals surface area contributed by atoms with Gasteiger partial charge in [0.1, 0.15) is 23.5 Å². The summed E-state index contributed by atoms with van der Waals surface area (Å²) in [6, 6.07) is 8.67. The third kappa shape index (κ3) is 15.6. The van der Waals surface area contributed by atoms with Gasteiger partial charge in [-0.05, 0) is 87.6 Å². The van der Waals surface area contributed by atoms with Crippen molar-refractivity contribution in [3.05, 3.63) is 100 Å². The molecule has 4 saturated heterocycles. The lowest BCUT2D eigenvalue weighted by Crippen LogP contribution is -2.62. The Labute approximate surface area is 475 Å². The van der Waals surface area contributed by atoms with Gasteiger partial charge in [0.25, 0.3) is 0 Å². The zero-order valence-corrected chi connectivity index (χ0v) is 46.7. The predicted octanol–water partition coefficient (Wildman–Crippen LogP) is 5.97. The minimum atomic E-state index is -5.14. The molecule has 0 spiro atoms. The summed E-state index contributed by atoms with van der Waals surface area (Å²) in [6.07, 6.45) is -8.18. The molecule has 0 aliphatic carbocycles. The molecule has 18 nitrogen and oxygen atoms in total. The van der Waals surface area contributed by atoms with E-state index in [-0.39, 0.29) is 17.3 Å². The summed E-state index contributed by atoms with van der Waals surface area (Å²) >= 11 is 0. The number of nitrogens with zero attached hydrogens (tertiary/aromatic N) is 5. The molecule has 7 rings (SSSR count). The van der Waals surface area contributed by atoms with Crippen LogP contribution >= 0.6 is 0 Å². The van der Waals surface area contributed by atoms with Crippen molar-refractivity contribution < 1.29 is 78.4 Å². The molecular weight excluding hydrogens is 1110 g/mol. The first-order valence-electron chi connectivity index (χ1n) is 26.9. The molecule has 2 aromatic carbocycles. The highest BCUT2D eigenvalue weighted by Gasteiger charge is 2.57. The smallest absolute Gasteiger partial charge is 0.407 e. The molecule has 83 heavy (non-hydrogen) atoms. The summed E-state index contributed by atoms with van der Waals surface area (Å²) in [7, 11) is 1.72. The number of aliphatic imine (C=N–C) groups is 1. The second-order valence-electron chi connectivity index (χ2n) is 22.2. The van der Waals surface area contributed by atoms with E-state index >= 15 is 8.78 Å². The molecule has 1 aromatic heterocycles. The molecule has 2 bridgehead atoms. The van der Waals surface area contributed by atoms with Crippen molar-refractivity contribution in [3.63, 3.8) is 0 Å². The predicted molar refractivity (Wildman–Crippen MR) is 288 cm³/mol. The van der Waals surface area contributed by atoms with Gasteiger partial charge in [0, 0.05) is 85.2 Å². The van der Waals surface area contributed by atoms with Crippen LogP contribution in [0.2, 0.25) is 0 Å². The number of ether oxygens (including phenoxy) is 4. The number of aliphatic hydroxyl groups is 1. The number of aliphatic hydroxyl groups excluding tert-OH is 1. The average molecular weight is 1180 g/mol. The maximum absolute atomic E-state index is 16.2. The lowest BCUT2D eigenvalue weighted by Gasteiger charge is -2.47. The molecule has 4 aliphatic heterocycles. The second-order valence-corrected chi connectivity index (χ2v) is 22.2. The molecule has 0 saturated carbocycles. The fourth-order valence-corrected chi connectivity index (χ4v) is 10.3. The number of aromatic nitrogens is 1. The summed E-state index contributed by atoms with van der Waals surface area (Å²) < 4.78 is 140. The van der Waals surface area contributed by atoms with Gasteiger partial charge in [-0.25, -0.2) is 23.6 Å².